The minimum atomic E-state index is -0.394. The van der Waals surface area contributed by atoms with E-state index in [0.717, 1.165) is 28.4 Å². The van der Waals surface area contributed by atoms with Crippen molar-refractivity contribution in [2.24, 2.45) is 0 Å². The number of carbonyl (C=O) groups is 1. The van der Waals surface area contributed by atoms with Crippen molar-refractivity contribution in [1.82, 2.24) is 9.80 Å². The van der Waals surface area contributed by atoms with Crippen LogP contribution >= 0.6 is 22.9 Å². The smallest absolute Gasteiger partial charge is 0.264 e. The molecule has 1 fully saturated rings. The number of nitrogens with zero attached hydrogens (tertiary/aromatic N) is 2. The van der Waals surface area contributed by atoms with Crippen LogP contribution in [0.15, 0.2) is 30.3 Å². The van der Waals surface area contributed by atoms with Crippen LogP contribution in [-0.4, -0.2) is 41.9 Å². The molecule has 1 aromatic heterocycles. The number of carbonyl (C=O) groups excluding carboxylic acids is 1. The van der Waals surface area contributed by atoms with E-state index in [2.05, 4.69) is 11.8 Å². The van der Waals surface area contributed by atoms with E-state index in [1.807, 2.05) is 24.0 Å². The lowest BCUT2D eigenvalue weighted by Gasteiger charge is -2.38. The molecule has 0 saturated carbocycles. The maximum Gasteiger partial charge on any atom is 0.264 e. The fourth-order valence-corrected chi connectivity index (χ4v) is 4.03. The number of amides is 1. The van der Waals surface area contributed by atoms with Crippen molar-refractivity contribution in [1.29, 1.82) is 0 Å². The second kappa shape index (κ2) is 7.21. The quantitative estimate of drug-likeness (QED) is 0.805. The van der Waals surface area contributed by atoms with Crippen LogP contribution in [0.5, 0.6) is 0 Å². The number of benzene rings is 1. The van der Waals surface area contributed by atoms with Crippen LogP contribution in [0.4, 0.5) is 4.39 Å². The molecule has 0 aliphatic carbocycles. The van der Waals surface area contributed by atoms with Crippen molar-refractivity contribution in [2.75, 3.05) is 26.2 Å². The highest BCUT2D eigenvalue weighted by molar-refractivity contribution is 7.13. The van der Waals surface area contributed by atoms with E-state index in [-0.39, 0.29) is 17.0 Å². The number of hydrogen-bond donors (Lipinski definition) is 0. The van der Waals surface area contributed by atoms with Gasteiger partial charge in [0.05, 0.1) is 9.90 Å². The van der Waals surface area contributed by atoms with Crippen LogP contribution < -0.4 is 0 Å². The summed E-state index contributed by atoms with van der Waals surface area (Å²) in [6, 6.07) is 8.90. The third-order valence-electron chi connectivity index (χ3n) is 4.53. The van der Waals surface area contributed by atoms with Crippen molar-refractivity contribution >= 4 is 28.8 Å². The highest BCUT2D eigenvalue weighted by atomic mass is 35.5. The van der Waals surface area contributed by atoms with Crippen molar-refractivity contribution in [2.45, 2.75) is 19.9 Å². The van der Waals surface area contributed by atoms with Crippen LogP contribution in [0.25, 0.3) is 0 Å². The summed E-state index contributed by atoms with van der Waals surface area (Å²) in [4.78, 5) is 18.7. The summed E-state index contributed by atoms with van der Waals surface area (Å²) >= 11 is 7.43. The monoisotopic (exact) mass is 366 g/mol. The van der Waals surface area contributed by atoms with Gasteiger partial charge in [-0.25, -0.2) is 4.39 Å². The predicted molar refractivity (Wildman–Crippen MR) is 96.4 cm³/mol. The van der Waals surface area contributed by atoms with Gasteiger partial charge in [-0.3, -0.25) is 9.69 Å². The molecular formula is C18H20ClFN2OS. The lowest BCUT2D eigenvalue weighted by Crippen LogP contribution is -2.49. The molecule has 0 N–H and O–H groups in total. The zero-order chi connectivity index (χ0) is 17.3. The van der Waals surface area contributed by atoms with E-state index >= 15 is 0 Å². The normalized spacial score (nSPS) is 17.1. The highest BCUT2D eigenvalue weighted by Gasteiger charge is 2.26. The molecule has 3 rings (SSSR count). The van der Waals surface area contributed by atoms with E-state index < -0.39 is 5.82 Å². The number of piperazine rings is 1. The van der Waals surface area contributed by atoms with Crippen LogP contribution in [-0.2, 0) is 0 Å². The Morgan fingerprint density at radius 1 is 1.21 bits per heavy atom. The molecule has 2 heterocycles. The molecule has 24 heavy (non-hydrogen) atoms. The summed E-state index contributed by atoms with van der Waals surface area (Å²) in [5.74, 6) is -0.278. The van der Waals surface area contributed by atoms with E-state index in [0.29, 0.717) is 13.1 Å². The Kier molecular flexibility index (Phi) is 5.23. The van der Waals surface area contributed by atoms with Gasteiger partial charge in [-0.1, -0.05) is 17.7 Å². The zero-order valence-electron chi connectivity index (χ0n) is 13.8. The van der Waals surface area contributed by atoms with Gasteiger partial charge in [-0.05, 0) is 43.7 Å². The first-order chi connectivity index (χ1) is 11.5. The summed E-state index contributed by atoms with van der Waals surface area (Å²) < 4.78 is 13.3. The third-order valence-corrected chi connectivity index (χ3v) is 5.80. The van der Waals surface area contributed by atoms with Gasteiger partial charge in [0, 0.05) is 37.1 Å². The standard InChI is InChI=1S/C18H20ClFN2OS/c1-12-3-6-17(24-12)18(23)22-9-7-21(8-10-22)13(2)14-4-5-16(20)15(19)11-14/h3-6,11,13H,7-10H2,1-2H3. The van der Waals surface area contributed by atoms with Crippen molar-refractivity contribution in [3.63, 3.8) is 0 Å². The molecule has 1 aliphatic rings. The summed E-state index contributed by atoms with van der Waals surface area (Å²) in [5.41, 5.74) is 0.995. The summed E-state index contributed by atoms with van der Waals surface area (Å²) in [6.07, 6.45) is 0. The van der Waals surface area contributed by atoms with Gasteiger partial charge in [0.15, 0.2) is 0 Å². The van der Waals surface area contributed by atoms with Crippen LogP contribution in [0.1, 0.15) is 33.1 Å². The van der Waals surface area contributed by atoms with E-state index in [4.69, 9.17) is 11.6 Å². The Balaban J connectivity index is 1.62. The average Bonchev–Trinajstić information content (AvgIpc) is 3.02. The van der Waals surface area contributed by atoms with E-state index in [9.17, 15) is 9.18 Å². The molecule has 2 aromatic rings. The van der Waals surface area contributed by atoms with Gasteiger partial charge in [0.1, 0.15) is 5.82 Å². The van der Waals surface area contributed by atoms with Gasteiger partial charge in [-0.15, -0.1) is 11.3 Å². The van der Waals surface area contributed by atoms with Crippen molar-refractivity contribution in [3.05, 3.63) is 56.5 Å². The number of thiophene rings is 1. The number of hydrogen-bond acceptors (Lipinski definition) is 3. The minimum absolute atomic E-state index is 0.116. The van der Waals surface area contributed by atoms with Crippen molar-refractivity contribution < 1.29 is 9.18 Å². The zero-order valence-corrected chi connectivity index (χ0v) is 15.3. The average molecular weight is 367 g/mol. The fraction of sp³-hybridized carbons (Fsp3) is 0.389. The fourth-order valence-electron chi connectivity index (χ4n) is 3.00. The predicted octanol–water partition coefficient (Wildman–Crippen LogP) is 4.37. The van der Waals surface area contributed by atoms with Crippen molar-refractivity contribution in [3.8, 4) is 0 Å². The minimum Gasteiger partial charge on any atom is -0.335 e. The molecule has 0 spiro atoms. The largest absolute Gasteiger partial charge is 0.335 e. The number of rotatable bonds is 3. The maximum absolute atomic E-state index is 13.3. The molecule has 1 atom stereocenters. The molecule has 0 radical (unpaired) electrons. The topological polar surface area (TPSA) is 23.6 Å². The molecule has 3 nitrogen and oxygen atoms in total. The molecule has 1 aromatic carbocycles. The summed E-state index contributed by atoms with van der Waals surface area (Å²) in [5, 5.41) is 0.154. The van der Waals surface area contributed by atoms with Crippen LogP contribution in [0, 0.1) is 12.7 Å². The Bertz CT molecular complexity index is 740. The molecular weight excluding hydrogens is 347 g/mol. The second-order valence-electron chi connectivity index (χ2n) is 6.09. The van der Waals surface area contributed by atoms with Gasteiger partial charge in [-0.2, -0.15) is 0 Å². The second-order valence-corrected chi connectivity index (χ2v) is 7.78. The Morgan fingerprint density at radius 3 is 2.50 bits per heavy atom. The van der Waals surface area contributed by atoms with Gasteiger partial charge in [0.2, 0.25) is 0 Å². The van der Waals surface area contributed by atoms with Crippen LogP contribution in [0.3, 0.4) is 0 Å². The molecule has 6 heteroatoms. The number of aryl methyl sites for hydroxylation is 1. The summed E-state index contributed by atoms with van der Waals surface area (Å²) in [7, 11) is 0. The number of halogens is 2. The molecule has 1 amide bonds. The first-order valence-corrected chi connectivity index (χ1v) is 9.20. The lowest BCUT2D eigenvalue weighted by molar-refractivity contribution is 0.0586. The molecule has 1 aliphatic heterocycles. The Labute approximate surface area is 150 Å². The lowest BCUT2D eigenvalue weighted by atomic mass is 10.1. The third kappa shape index (κ3) is 3.63. The van der Waals surface area contributed by atoms with E-state index in [1.54, 1.807) is 23.5 Å². The SMILES string of the molecule is Cc1ccc(C(=O)N2CCN(C(C)c3ccc(F)c(Cl)c3)CC2)s1. The molecule has 1 unspecified atom stereocenters. The molecule has 128 valence electrons. The molecule has 0 bridgehead atoms. The Morgan fingerprint density at radius 2 is 1.92 bits per heavy atom. The first kappa shape index (κ1) is 17.4. The van der Waals surface area contributed by atoms with Gasteiger partial charge in [0.25, 0.3) is 5.91 Å². The van der Waals surface area contributed by atoms with Gasteiger partial charge >= 0.3 is 0 Å². The van der Waals surface area contributed by atoms with Crippen LogP contribution in [0.2, 0.25) is 5.02 Å². The summed E-state index contributed by atoms with van der Waals surface area (Å²) in [6.45, 7) is 7.10. The first-order valence-electron chi connectivity index (χ1n) is 8.00. The highest BCUT2D eigenvalue weighted by Crippen LogP contribution is 2.26. The molecule has 1 saturated heterocycles. The van der Waals surface area contributed by atoms with Gasteiger partial charge < -0.3 is 4.90 Å². The van der Waals surface area contributed by atoms with E-state index in [1.165, 1.54) is 6.07 Å². The maximum atomic E-state index is 13.3. The Hall–Kier alpha value is -1.43.